The van der Waals surface area contributed by atoms with Gasteiger partial charge in [0.1, 0.15) is 57.7 Å². The molecule has 0 spiro atoms. The molecule has 12 aromatic rings. The number of hydrogen-bond donors (Lipinski definition) is 9. The molecule has 0 bridgehead atoms. The highest BCUT2D eigenvalue weighted by Crippen LogP contribution is 2.42. The molecule has 3 aromatic carbocycles. The van der Waals surface area contributed by atoms with E-state index in [9.17, 15) is 27.6 Å². The zero-order chi connectivity index (χ0) is 74.2. The molecule has 0 aliphatic rings. The quantitative estimate of drug-likeness (QED) is 0.0271. The minimum atomic E-state index is -2.67. The number of pyridine rings is 3. The van der Waals surface area contributed by atoms with Crippen molar-refractivity contribution in [3.63, 3.8) is 0 Å². The van der Waals surface area contributed by atoms with Crippen molar-refractivity contribution in [2.75, 3.05) is 84.9 Å². The van der Waals surface area contributed by atoms with E-state index in [4.69, 9.17) is 88.1 Å². The average molecular weight is 1490 g/mol. The van der Waals surface area contributed by atoms with Gasteiger partial charge in [-0.15, -0.1) is 0 Å². The maximum Gasteiger partial charge on any atom is 0.255 e. The van der Waals surface area contributed by atoms with Crippen molar-refractivity contribution in [1.82, 2.24) is 75.8 Å². The van der Waals surface area contributed by atoms with Crippen LogP contribution in [-0.4, -0.2) is 170 Å². The Bertz CT molecular complexity index is 4990. The smallest absolute Gasteiger partial charge is 0.255 e. The van der Waals surface area contributed by atoms with Crippen LogP contribution in [0.25, 0.3) is 100.0 Å². The van der Waals surface area contributed by atoms with E-state index in [1.807, 2.05) is 26.8 Å². The summed E-state index contributed by atoms with van der Waals surface area (Å²) in [5, 5.41) is 22.8. The molecular weight excluding hydrogens is 1400 g/mol. The molecule has 3 amide bonds. The summed E-state index contributed by atoms with van der Waals surface area (Å²) in [7, 11) is 9.21. The van der Waals surface area contributed by atoms with E-state index in [1.54, 1.807) is 121 Å². The number of carbonyl (C=O) groups excluding carboxylic acids is 3. The predicted molar refractivity (Wildman–Crippen MR) is 412 cm³/mol. The predicted octanol–water partition coefficient (Wildman–Crippen LogP) is 15.3. The molecule has 0 saturated heterocycles. The lowest BCUT2D eigenvalue weighted by molar-refractivity contribution is -0.125. The third kappa shape index (κ3) is 16.5. The first-order valence-electron chi connectivity index (χ1n) is 31.9. The lowest BCUT2D eigenvalue weighted by atomic mass is 10.0. The summed E-state index contributed by atoms with van der Waals surface area (Å²) in [6.07, 6.45) is 8.08. The topological polar surface area (TPSA) is 342 Å². The molecule has 9 aromatic heterocycles. The van der Waals surface area contributed by atoms with Crippen molar-refractivity contribution in [3.8, 4) is 68.7 Å². The summed E-state index contributed by atoms with van der Waals surface area (Å²) in [5.74, 6) is 4.15. The van der Waals surface area contributed by atoms with Gasteiger partial charge in [0, 0.05) is 130 Å². The normalized spacial score (nSPS) is 11.7. The molecule has 33 heteroatoms. The number of fused-ring (bicyclic) bond motifs is 6. The number of carbonyl (C=O) groups is 3. The molecular formula is C70H92Cl3F3N18O9. The molecule has 0 radical (unpaired) electrons. The third-order valence-electron chi connectivity index (χ3n) is 16.1. The van der Waals surface area contributed by atoms with E-state index in [0.717, 1.165) is 22.8 Å². The Morgan fingerprint density at radius 2 is 0.738 bits per heavy atom. The van der Waals surface area contributed by atoms with E-state index in [0.29, 0.717) is 157 Å². The first kappa shape index (κ1) is 74.7. The van der Waals surface area contributed by atoms with Crippen LogP contribution in [0.5, 0.6) is 34.5 Å². The molecule has 0 aliphatic carbocycles. The van der Waals surface area contributed by atoms with Crippen LogP contribution in [-0.2, 0) is 14.4 Å². The van der Waals surface area contributed by atoms with Crippen LogP contribution in [0.4, 0.5) is 30.6 Å². The number of nitrogens with zero attached hydrogens (tertiary/aromatic N) is 9. The van der Waals surface area contributed by atoms with Gasteiger partial charge < -0.3 is 75.3 Å². The molecule has 0 unspecified atom stereocenters. The van der Waals surface area contributed by atoms with Crippen LogP contribution in [0, 0.1) is 0 Å². The third-order valence-corrected chi connectivity index (χ3v) is 16.8. The average Bonchev–Trinajstić information content (AvgIpc) is 1.35. The van der Waals surface area contributed by atoms with Crippen molar-refractivity contribution in [2.45, 2.75) is 77.9 Å². The molecule has 0 saturated carbocycles. The highest BCUT2D eigenvalue weighted by Gasteiger charge is 2.33. The first-order valence-corrected chi connectivity index (χ1v) is 33.0. The highest BCUT2D eigenvalue weighted by molar-refractivity contribution is 6.32. The van der Waals surface area contributed by atoms with Crippen molar-refractivity contribution in [3.05, 3.63) is 107 Å². The highest BCUT2D eigenvalue weighted by atomic mass is 35.5. The fourth-order valence-corrected chi connectivity index (χ4v) is 11.3. The number of nitrogens with one attached hydrogen (secondary N) is 9. The number of rotatable bonds is 24. The number of ether oxygens (including phenoxy) is 6. The summed E-state index contributed by atoms with van der Waals surface area (Å²) >= 11 is 18.5. The van der Waals surface area contributed by atoms with E-state index < -0.39 is 42.2 Å². The van der Waals surface area contributed by atoms with Gasteiger partial charge in [-0.1, -0.05) is 41.7 Å². The Hall–Kier alpha value is -11.0. The SMILES string of the molecule is CCCNC(=O)C(C)(C)Nc1nc(-c2c[nH]c3ncc(Cl)cc23)nc2cc(OC)c(OC)cc12.COc1cc2nc(-c3c[nH]c4ncc(Cl)cc34)nc(NC(C)(C)C(=O)NCC(F)F)c2cc1OC.COc1cc2nc(-c3c[nH]c4ncc(Cl)cc34)nc(NC(C)(C)C(=O)NCCF)c2cc1OC.[HH].[HH].[HH].[HH].[HH].[HH].[HH].[HH].[HH]. The monoisotopic (exact) mass is 1490 g/mol. The first-order chi connectivity index (χ1) is 49.2. The number of halogens is 6. The second-order valence-electron chi connectivity index (χ2n) is 24.7. The molecule has 0 fully saturated rings. The van der Waals surface area contributed by atoms with E-state index in [1.165, 1.54) is 34.6 Å². The van der Waals surface area contributed by atoms with Gasteiger partial charge in [0.15, 0.2) is 52.0 Å². The van der Waals surface area contributed by atoms with Crippen LogP contribution in [0.2, 0.25) is 15.1 Å². The molecule has 0 atom stereocenters. The number of H-pyrrole nitrogens is 3. The van der Waals surface area contributed by atoms with E-state index in [-0.39, 0.29) is 31.2 Å². The lowest BCUT2D eigenvalue weighted by Crippen LogP contribution is -2.49. The maximum absolute atomic E-state index is 12.8. The molecule has 558 valence electrons. The number of methoxy groups -OCH3 is 6. The molecule has 9 heterocycles. The number of alkyl halides is 3. The second kappa shape index (κ2) is 31.5. The van der Waals surface area contributed by atoms with Gasteiger partial charge in [-0.3, -0.25) is 14.4 Å². The van der Waals surface area contributed by atoms with Crippen LogP contribution in [0.3, 0.4) is 0 Å². The lowest BCUT2D eigenvalue weighted by Gasteiger charge is -2.26. The van der Waals surface area contributed by atoms with Gasteiger partial charge in [-0.2, -0.15) is 0 Å². The number of benzene rings is 3. The Morgan fingerprint density at radius 1 is 0.447 bits per heavy atom. The number of aromatic nitrogens is 12. The number of hydrogen-bond acceptors (Lipinski definition) is 21. The zero-order valence-electron chi connectivity index (χ0n) is 58.2. The van der Waals surface area contributed by atoms with Gasteiger partial charge in [-0.05, 0) is 84.4 Å². The number of aromatic amines is 3. The fraction of sp³-hybridized carbons (Fsp3) is 0.314. The van der Waals surface area contributed by atoms with Crippen molar-refractivity contribution in [2.24, 2.45) is 0 Å². The van der Waals surface area contributed by atoms with Crippen molar-refractivity contribution >= 4 is 136 Å². The van der Waals surface area contributed by atoms with Gasteiger partial charge in [0.25, 0.3) is 6.43 Å². The summed E-state index contributed by atoms with van der Waals surface area (Å²) in [6, 6.07) is 15.8. The van der Waals surface area contributed by atoms with Gasteiger partial charge in [0.2, 0.25) is 17.7 Å². The minimum absolute atomic E-state index is 0. The largest absolute Gasteiger partial charge is 0.493 e. The summed E-state index contributed by atoms with van der Waals surface area (Å²) in [4.78, 5) is 88.8. The second-order valence-corrected chi connectivity index (χ2v) is 26.0. The minimum Gasteiger partial charge on any atom is -0.493 e. The van der Waals surface area contributed by atoms with E-state index >= 15 is 0 Å². The van der Waals surface area contributed by atoms with Crippen LogP contribution < -0.4 is 60.3 Å². The number of anilines is 3. The van der Waals surface area contributed by atoms with Gasteiger partial charge in [-0.25, -0.2) is 58.0 Å². The Kier molecular flexibility index (Phi) is 22.8. The fourth-order valence-electron chi connectivity index (χ4n) is 10.8. The molecule has 9 N–H and O–H groups in total. The number of amides is 3. The molecule has 12 rings (SSSR count). The van der Waals surface area contributed by atoms with Crippen LogP contribution in [0.1, 0.15) is 67.7 Å². The summed E-state index contributed by atoms with van der Waals surface area (Å²) in [5.41, 5.74) is 2.32. The Balaban J connectivity index is 0.000000808. The Morgan fingerprint density at radius 3 is 1.02 bits per heavy atom. The maximum atomic E-state index is 12.8. The standard InChI is InChI=1S/C24H27ClN6O3.C23H23ClF2N6O3.C23H24ClFN6O3.9H2/c1-6-7-26-23(32)24(2,3)31-22-15-9-18(33-4)19(34-5)10-17(15)29-21(30-22)16-12-28-20-14(16)8-13(25)11-27-20;1-23(2,22(33)29-10-18(25)26)32-21-13-6-16(34-3)17(35-4)7-15(13)30-20(31-21)14-9-28-19-12(14)5-11(24)8-27-19;1-23(2,22(32)26-6-5-25)31-21-14-8-17(33-3)18(34-4)9-16(14)29-20(30-21)15-11-28-19-13(15)7-12(24)10-27-19;;;;;;;;;/h8-12H,6-7H2,1-5H3,(H,26,32)(H,27,28)(H,29,30,31);5-9,18H,10H2,1-4H3,(H,27,28)(H,29,33)(H,30,31,32);7-11H,5-6H2,1-4H3,(H,26,32)(H,27,28)(H,29,30,31);9*1H. The Labute approximate surface area is 616 Å². The van der Waals surface area contributed by atoms with E-state index in [2.05, 4.69) is 66.8 Å². The summed E-state index contributed by atoms with van der Waals surface area (Å²) in [6.45, 7) is 11.2. The van der Waals surface area contributed by atoms with Crippen LogP contribution >= 0.6 is 34.8 Å². The molecule has 103 heavy (non-hydrogen) atoms. The van der Waals surface area contributed by atoms with Crippen LogP contribution in [0.15, 0.2) is 91.8 Å². The molecule has 27 nitrogen and oxygen atoms in total. The summed E-state index contributed by atoms with van der Waals surface area (Å²) < 4.78 is 70.6. The zero-order valence-corrected chi connectivity index (χ0v) is 60.5. The van der Waals surface area contributed by atoms with Gasteiger partial charge >= 0.3 is 0 Å². The van der Waals surface area contributed by atoms with Crippen molar-refractivity contribution in [1.29, 1.82) is 0 Å². The molecule has 0 aliphatic heterocycles. The van der Waals surface area contributed by atoms with Gasteiger partial charge in [0.05, 0.1) is 80.8 Å². The van der Waals surface area contributed by atoms with Crippen molar-refractivity contribution < 1.29 is 68.8 Å².